The van der Waals surface area contributed by atoms with Crippen LogP contribution in [0.3, 0.4) is 0 Å². The molecule has 2 atom stereocenters. The lowest BCUT2D eigenvalue weighted by atomic mass is 10.1. The second kappa shape index (κ2) is 6.69. The third-order valence-electron chi connectivity index (χ3n) is 4.15. The quantitative estimate of drug-likeness (QED) is 0.762. The first-order valence-electron chi connectivity index (χ1n) is 7.11. The fourth-order valence-corrected chi connectivity index (χ4v) is 2.96. The summed E-state index contributed by atoms with van der Waals surface area (Å²) >= 11 is 0. The molecule has 2 unspecified atom stereocenters. The summed E-state index contributed by atoms with van der Waals surface area (Å²) < 4.78 is 5.70. The molecule has 2 aliphatic heterocycles. The monoisotopic (exact) mass is 241 g/mol. The van der Waals surface area contributed by atoms with Gasteiger partial charge in [-0.1, -0.05) is 6.92 Å². The van der Waals surface area contributed by atoms with Gasteiger partial charge in [-0.05, 0) is 19.3 Å². The van der Waals surface area contributed by atoms with Gasteiger partial charge in [-0.2, -0.15) is 0 Å². The zero-order chi connectivity index (χ0) is 12.1. The van der Waals surface area contributed by atoms with Crippen molar-refractivity contribution in [2.45, 2.75) is 38.3 Å². The van der Waals surface area contributed by atoms with Crippen molar-refractivity contribution in [2.75, 3.05) is 45.9 Å². The Balaban J connectivity index is 1.69. The molecule has 0 spiro atoms. The standard InChI is InChI=1S/C13H27N3O/c1-2-12(10-14)16-7-5-15(6-8-16)11-13-4-3-9-17-13/h12-13H,2-11,14H2,1H3. The maximum Gasteiger partial charge on any atom is 0.0702 e. The lowest BCUT2D eigenvalue weighted by Gasteiger charge is -2.39. The minimum atomic E-state index is 0.498. The molecule has 0 radical (unpaired) electrons. The smallest absolute Gasteiger partial charge is 0.0702 e. The number of hydrogen-bond acceptors (Lipinski definition) is 4. The van der Waals surface area contributed by atoms with Gasteiger partial charge in [-0.15, -0.1) is 0 Å². The van der Waals surface area contributed by atoms with E-state index in [0.29, 0.717) is 12.1 Å². The Morgan fingerprint density at radius 2 is 2.06 bits per heavy atom. The van der Waals surface area contributed by atoms with Crippen molar-refractivity contribution < 1.29 is 4.74 Å². The molecule has 2 rings (SSSR count). The van der Waals surface area contributed by atoms with Crippen molar-refractivity contribution in [3.63, 3.8) is 0 Å². The highest BCUT2D eigenvalue weighted by molar-refractivity contribution is 4.80. The van der Waals surface area contributed by atoms with Crippen LogP contribution in [0.2, 0.25) is 0 Å². The Labute approximate surface area is 105 Å². The molecule has 2 saturated heterocycles. The average Bonchev–Trinajstić information content (AvgIpc) is 2.86. The first kappa shape index (κ1) is 13.3. The fraction of sp³-hybridized carbons (Fsp3) is 1.00. The Kier molecular flexibility index (Phi) is 5.22. The predicted molar refractivity (Wildman–Crippen MR) is 70.1 cm³/mol. The second-order valence-electron chi connectivity index (χ2n) is 5.27. The Morgan fingerprint density at radius 3 is 2.59 bits per heavy atom. The Hall–Kier alpha value is -0.160. The van der Waals surface area contributed by atoms with Crippen LogP contribution in [0.1, 0.15) is 26.2 Å². The predicted octanol–water partition coefficient (Wildman–Crippen LogP) is 0.520. The molecule has 17 heavy (non-hydrogen) atoms. The van der Waals surface area contributed by atoms with E-state index in [1.807, 2.05) is 0 Å². The lowest BCUT2D eigenvalue weighted by molar-refractivity contribution is 0.0406. The molecule has 2 fully saturated rings. The van der Waals surface area contributed by atoms with E-state index in [4.69, 9.17) is 10.5 Å². The van der Waals surface area contributed by atoms with E-state index in [1.54, 1.807) is 0 Å². The van der Waals surface area contributed by atoms with E-state index in [-0.39, 0.29) is 0 Å². The van der Waals surface area contributed by atoms with Gasteiger partial charge in [-0.3, -0.25) is 9.80 Å². The van der Waals surface area contributed by atoms with Gasteiger partial charge in [0.2, 0.25) is 0 Å². The van der Waals surface area contributed by atoms with Crippen molar-refractivity contribution in [3.8, 4) is 0 Å². The third-order valence-corrected chi connectivity index (χ3v) is 4.15. The number of nitrogens with zero attached hydrogens (tertiary/aromatic N) is 2. The largest absolute Gasteiger partial charge is 0.377 e. The van der Waals surface area contributed by atoms with Crippen LogP contribution in [0.4, 0.5) is 0 Å². The van der Waals surface area contributed by atoms with E-state index in [2.05, 4.69) is 16.7 Å². The van der Waals surface area contributed by atoms with Crippen molar-refractivity contribution in [3.05, 3.63) is 0 Å². The molecular weight excluding hydrogens is 214 g/mol. The van der Waals surface area contributed by atoms with Gasteiger partial charge >= 0.3 is 0 Å². The van der Waals surface area contributed by atoms with Gasteiger partial charge in [0.1, 0.15) is 0 Å². The van der Waals surface area contributed by atoms with Gasteiger partial charge in [0.25, 0.3) is 0 Å². The molecular formula is C13H27N3O. The summed E-state index contributed by atoms with van der Waals surface area (Å²) in [5.41, 5.74) is 5.81. The summed E-state index contributed by atoms with van der Waals surface area (Å²) in [4.78, 5) is 5.10. The average molecular weight is 241 g/mol. The molecule has 4 nitrogen and oxygen atoms in total. The molecule has 0 aromatic rings. The summed E-state index contributed by atoms with van der Waals surface area (Å²) in [6, 6.07) is 0.583. The maximum atomic E-state index is 5.81. The van der Waals surface area contributed by atoms with E-state index >= 15 is 0 Å². The fourth-order valence-electron chi connectivity index (χ4n) is 2.96. The SMILES string of the molecule is CCC(CN)N1CCN(CC2CCCO2)CC1. The zero-order valence-electron chi connectivity index (χ0n) is 11.1. The molecule has 0 amide bonds. The number of hydrogen-bond donors (Lipinski definition) is 1. The molecule has 2 aliphatic rings. The van der Waals surface area contributed by atoms with Crippen LogP contribution >= 0.6 is 0 Å². The van der Waals surface area contributed by atoms with Crippen molar-refractivity contribution in [1.29, 1.82) is 0 Å². The van der Waals surface area contributed by atoms with Gasteiger partial charge in [0.15, 0.2) is 0 Å². The van der Waals surface area contributed by atoms with Crippen LogP contribution < -0.4 is 5.73 Å². The van der Waals surface area contributed by atoms with Crippen LogP contribution in [0.15, 0.2) is 0 Å². The second-order valence-corrected chi connectivity index (χ2v) is 5.27. The van der Waals surface area contributed by atoms with Crippen LogP contribution in [0.5, 0.6) is 0 Å². The first-order chi connectivity index (χ1) is 8.33. The van der Waals surface area contributed by atoms with Crippen molar-refractivity contribution in [1.82, 2.24) is 9.80 Å². The number of ether oxygens (including phenoxy) is 1. The highest BCUT2D eigenvalue weighted by atomic mass is 16.5. The minimum Gasteiger partial charge on any atom is -0.377 e. The van der Waals surface area contributed by atoms with Gasteiger partial charge in [0.05, 0.1) is 6.10 Å². The van der Waals surface area contributed by atoms with Crippen molar-refractivity contribution >= 4 is 0 Å². The summed E-state index contributed by atoms with van der Waals surface area (Å²) in [7, 11) is 0. The topological polar surface area (TPSA) is 41.7 Å². The van der Waals surface area contributed by atoms with Gasteiger partial charge < -0.3 is 10.5 Å². The van der Waals surface area contributed by atoms with Gasteiger partial charge in [0, 0.05) is 51.9 Å². The summed E-state index contributed by atoms with van der Waals surface area (Å²) in [5.74, 6) is 0. The van der Waals surface area contributed by atoms with Crippen LogP contribution in [0.25, 0.3) is 0 Å². The minimum absolute atomic E-state index is 0.498. The highest BCUT2D eigenvalue weighted by Gasteiger charge is 2.24. The molecule has 2 N–H and O–H groups in total. The number of rotatable bonds is 5. The number of nitrogens with two attached hydrogens (primary N) is 1. The molecule has 2 heterocycles. The summed E-state index contributed by atoms with van der Waals surface area (Å²) in [6.07, 6.45) is 4.16. The van der Waals surface area contributed by atoms with Crippen LogP contribution in [0, 0.1) is 0 Å². The molecule has 100 valence electrons. The van der Waals surface area contributed by atoms with Crippen molar-refractivity contribution in [2.24, 2.45) is 5.73 Å². The van der Waals surface area contributed by atoms with E-state index in [0.717, 1.165) is 19.7 Å². The molecule has 0 aromatic carbocycles. The third kappa shape index (κ3) is 3.65. The summed E-state index contributed by atoms with van der Waals surface area (Å²) in [5, 5.41) is 0. The number of piperazine rings is 1. The summed E-state index contributed by atoms with van der Waals surface area (Å²) in [6.45, 7) is 9.82. The Bertz CT molecular complexity index is 207. The van der Waals surface area contributed by atoms with Crippen LogP contribution in [-0.4, -0.2) is 67.8 Å². The normalized spacial score (nSPS) is 29.6. The van der Waals surface area contributed by atoms with E-state index < -0.39 is 0 Å². The molecule has 0 bridgehead atoms. The van der Waals surface area contributed by atoms with E-state index in [9.17, 15) is 0 Å². The zero-order valence-corrected chi connectivity index (χ0v) is 11.1. The lowest BCUT2D eigenvalue weighted by Crippen LogP contribution is -2.53. The maximum absolute atomic E-state index is 5.81. The molecule has 4 heteroatoms. The molecule has 0 aliphatic carbocycles. The van der Waals surface area contributed by atoms with E-state index in [1.165, 1.54) is 45.4 Å². The van der Waals surface area contributed by atoms with Crippen LogP contribution in [-0.2, 0) is 4.74 Å². The highest BCUT2D eigenvalue weighted by Crippen LogP contribution is 2.15. The molecule has 0 aromatic heterocycles. The van der Waals surface area contributed by atoms with Gasteiger partial charge in [-0.25, -0.2) is 0 Å². The molecule has 0 saturated carbocycles. The first-order valence-corrected chi connectivity index (χ1v) is 7.11. The Morgan fingerprint density at radius 1 is 1.29 bits per heavy atom.